The summed E-state index contributed by atoms with van der Waals surface area (Å²) in [5.74, 6) is 1.69. The summed E-state index contributed by atoms with van der Waals surface area (Å²) < 4.78 is 75.2. The largest absolute Gasteiger partial charge is 0.491 e. The Morgan fingerprint density at radius 2 is 0.952 bits per heavy atom. The van der Waals surface area contributed by atoms with Crippen LogP contribution in [0.5, 0.6) is 11.5 Å². The van der Waals surface area contributed by atoms with Gasteiger partial charge in [-0.25, -0.2) is 35.4 Å². The van der Waals surface area contributed by atoms with E-state index in [1.54, 1.807) is 91.0 Å². The minimum absolute atomic E-state index is 0.00472. The summed E-state index contributed by atoms with van der Waals surface area (Å²) in [6.07, 6.45) is 10.4. The van der Waals surface area contributed by atoms with Gasteiger partial charge >= 0.3 is 5.97 Å². The molecule has 23 nitrogen and oxygen atoms in total. The summed E-state index contributed by atoms with van der Waals surface area (Å²) in [7, 11) is -1.53. The molecule has 0 unspecified atom stereocenters. The van der Waals surface area contributed by atoms with E-state index in [9.17, 15) is 26.4 Å². The Morgan fingerprint density at radius 3 is 1.31 bits per heavy atom. The second-order valence-corrected chi connectivity index (χ2v) is 23.7. The first kappa shape index (κ1) is 64.5. The molecule has 0 saturated carbocycles. The molecule has 2 aromatic carbocycles. The van der Waals surface area contributed by atoms with Gasteiger partial charge in [0.1, 0.15) is 36.3 Å². The van der Waals surface area contributed by atoms with E-state index in [1.165, 1.54) is 24.1 Å². The van der Waals surface area contributed by atoms with Crippen molar-refractivity contribution in [1.29, 1.82) is 0 Å². The van der Waals surface area contributed by atoms with Crippen LogP contribution in [-0.4, -0.2) is 183 Å². The fraction of sp³-hybridized carbons (Fsp3) is 0.414. The van der Waals surface area contributed by atoms with E-state index < -0.39 is 26.0 Å². The topological polar surface area (TPSA) is 269 Å². The maximum atomic E-state index is 13.3. The summed E-state index contributed by atoms with van der Waals surface area (Å²) in [5.41, 5.74) is 11.6. The highest BCUT2D eigenvalue weighted by atomic mass is 32.2. The molecule has 25 heteroatoms. The zero-order valence-corrected chi connectivity index (χ0v) is 50.2. The lowest BCUT2D eigenvalue weighted by molar-refractivity contribution is -0.137. The molecule has 4 N–H and O–H groups in total. The maximum absolute atomic E-state index is 13.3. The number of carbonyl (C=O) groups is 2. The van der Waals surface area contributed by atoms with Crippen LogP contribution in [0.15, 0.2) is 120 Å². The van der Waals surface area contributed by atoms with Gasteiger partial charge in [-0.3, -0.25) is 19.6 Å². The number of methoxy groups -OCH3 is 2. The number of amides is 1. The highest BCUT2D eigenvalue weighted by Crippen LogP contribution is 2.30. The van der Waals surface area contributed by atoms with Gasteiger partial charge in [0, 0.05) is 136 Å². The van der Waals surface area contributed by atoms with Crippen molar-refractivity contribution < 1.29 is 50.5 Å². The number of ether oxygens (including phenoxy) is 4. The number of piperazine rings is 2. The smallest absolute Gasteiger partial charge is 0.304 e. The number of nitrogen functional groups attached to an aromatic ring is 1. The number of nitrogens with one attached hydrogen (secondary N) is 1. The number of rotatable bonds is 23. The second-order valence-electron chi connectivity index (χ2n) is 19.8. The number of hydrogen-bond donors (Lipinski definition) is 3. The number of aliphatic carboxylic acids is 1. The van der Waals surface area contributed by atoms with Crippen molar-refractivity contribution in [2.24, 2.45) is 0 Å². The van der Waals surface area contributed by atoms with Crippen molar-refractivity contribution in [3.63, 3.8) is 0 Å². The van der Waals surface area contributed by atoms with Crippen molar-refractivity contribution in [1.82, 2.24) is 28.5 Å². The molecule has 0 atom stereocenters. The van der Waals surface area contributed by atoms with Crippen LogP contribution >= 0.6 is 0 Å². The van der Waals surface area contributed by atoms with Gasteiger partial charge in [-0.15, -0.1) is 0 Å². The molecular formula is C58H78N12O11S2. The Morgan fingerprint density at radius 1 is 0.566 bits per heavy atom. The second kappa shape index (κ2) is 31.1. The number of nitrogens with zero attached hydrogens (tertiary/aromatic N) is 10. The third kappa shape index (κ3) is 18.7. The van der Waals surface area contributed by atoms with Gasteiger partial charge in [0.15, 0.2) is 0 Å². The quantitative estimate of drug-likeness (QED) is 0.0630. The lowest BCUT2D eigenvalue weighted by Crippen LogP contribution is -2.46. The zero-order chi connectivity index (χ0) is 60.1. The number of hydrogen-bond acceptors (Lipinski definition) is 19. The monoisotopic (exact) mass is 1180 g/mol. The van der Waals surface area contributed by atoms with Crippen molar-refractivity contribution in [2.75, 3.05) is 151 Å². The standard InChI is InChI=1S/C29H38N6O5S.C15H23NO6S.C14H17N5/c1-22-19-26(40-18-17-39-4)20-23(2)29(22)41(37,38)33(3)12-9-28(36)32-24-5-6-27(31-21-24)35-15-13-34(14-16-35)25-7-10-30-11-8-25;1-11-9-13(22-8-7-21-4)10-12(2)15(11)23(19,20)16(3)6-5-14(17)18;15-12-1-2-14(17-11-12)19-9-7-18(8-10-19)13-3-5-16-6-4-13/h5-8,10-11,19-21H,9,12-18H2,1-4H3,(H,32,36);9-10H,5-8H2,1-4H3,(H,17,18);1-6,11H,7-10,15H2. The fourth-order valence-corrected chi connectivity index (χ4v) is 12.5. The van der Waals surface area contributed by atoms with E-state index >= 15 is 0 Å². The van der Waals surface area contributed by atoms with Gasteiger partial charge < -0.3 is 54.7 Å². The van der Waals surface area contributed by atoms with Crippen LogP contribution in [0.25, 0.3) is 0 Å². The molecule has 8 rings (SSSR count). The minimum atomic E-state index is -3.80. The Labute approximate surface area is 488 Å². The van der Waals surface area contributed by atoms with Gasteiger partial charge in [-0.1, -0.05) is 0 Å². The Balaban J connectivity index is 0.000000221. The van der Waals surface area contributed by atoms with Crippen LogP contribution in [-0.2, 0) is 39.1 Å². The van der Waals surface area contributed by atoms with Gasteiger partial charge in [0.05, 0.1) is 53.2 Å². The summed E-state index contributed by atoms with van der Waals surface area (Å²) in [6, 6.07) is 22.4. The van der Waals surface area contributed by atoms with Crippen molar-refractivity contribution in [2.45, 2.75) is 50.3 Å². The highest BCUT2D eigenvalue weighted by molar-refractivity contribution is 7.89. The third-order valence-corrected chi connectivity index (χ3v) is 18.0. The van der Waals surface area contributed by atoms with Crippen LogP contribution in [0.1, 0.15) is 35.1 Å². The molecule has 4 aromatic heterocycles. The van der Waals surface area contributed by atoms with Gasteiger partial charge in [-0.05, 0) is 123 Å². The maximum Gasteiger partial charge on any atom is 0.304 e. The first-order chi connectivity index (χ1) is 39.7. The molecule has 83 heavy (non-hydrogen) atoms. The molecule has 0 radical (unpaired) electrons. The SMILES string of the molecule is COCCOc1cc(C)c(S(=O)(=O)N(C)CCC(=O)Nc2ccc(N3CCN(c4ccncc4)CC3)nc2)c(C)c1.COCCOc1cc(C)c(S(=O)(=O)N(C)CCC(=O)O)c(C)c1.Nc1ccc(N2CCN(c3ccncc3)CC2)nc1. The Kier molecular flexibility index (Phi) is 24.2. The molecule has 6 aromatic rings. The van der Waals surface area contributed by atoms with Crippen LogP contribution in [0, 0.1) is 27.7 Å². The Hall–Kier alpha value is -7.68. The number of benzene rings is 2. The summed E-state index contributed by atoms with van der Waals surface area (Å²) in [6.45, 7) is 15.8. The van der Waals surface area contributed by atoms with Crippen molar-refractivity contribution in [3.05, 3.63) is 132 Å². The van der Waals surface area contributed by atoms with E-state index in [4.69, 9.17) is 29.8 Å². The molecular weight excluding hydrogens is 1100 g/mol. The number of aryl methyl sites for hydroxylation is 4. The predicted octanol–water partition coefficient (Wildman–Crippen LogP) is 5.90. The Bertz CT molecular complexity index is 3200. The van der Waals surface area contributed by atoms with E-state index in [1.807, 2.05) is 48.8 Å². The molecule has 2 aliphatic rings. The van der Waals surface area contributed by atoms with Crippen LogP contribution < -0.4 is 40.1 Å². The molecule has 2 saturated heterocycles. The molecule has 2 aliphatic heterocycles. The molecule has 0 bridgehead atoms. The number of pyridine rings is 4. The van der Waals surface area contributed by atoms with Gasteiger partial charge in [-0.2, -0.15) is 0 Å². The number of carbonyl (C=O) groups excluding carboxylic acids is 1. The highest BCUT2D eigenvalue weighted by Gasteiger charge is 2.28. The molecule has 448 valence electrons. The van der Waals surface area contributed by atoms with Crippen LogP contribution in [0.4, 0.5) is 34.4 Å². The number of nitrogens with two attached hydrogens (primary N) is 1. The minimum Gasteiger partial charge on any atom is -0.491 e. The molecule has 0 spiro atoms. The van der Waals surface area contributed by atoms with Crippen LogP contribution in [0.3, 0.4) is 0 Å². The third-order valence-electron chi connectivity index (χ3n) is 13.7. The number of carboxylic acid groups (broad SMARTS) is 1. The number of carboxylic acids is 1. The number of anilines is 6. The predicted molar refractivity (Wildman–Crippen MR) is 322 cm³/mol. The van der Waals surface area contributed by atoms with Gasteiger partial charge in [0.2, 0.25) is 26.0 Å². The van der Waals surface area contributed by atoms with E-state index in [-0.39, 0.29) is 41.6 Å². The number of sulfonamides is 2. The van der Waals surface area contributed by atoms with Crippen molar-refractivity contribution >= 4 is 66.3 Å². The number of aromatic nitrogens is 4. The van der Waals surface area contributed by atoms with E-state index in [0.29, 0.717) is 71.6 Å². The molecule has 6 heterocycles. The first-order valence-electron chi connectivity index (χ1n) is 27.1. The molecule has 2 fully saturated rings. The summed E-state index contributed by atoms with van der Waals surface area (Å²) >= 11 is 0. The summed E-state index contributed by atoms with van der Waals surface area (Å²) in [5, 5.41) is 11.5. The van der Waals surface area contributed by atoms with E-state index in [0.717, 1.165) is 74.0 Å². The lowest BCUT2D eigenvalue weighted by atomic mass is 10.1. The normalized spacial score (nSPS) is 13.7. The lowest BCUT2D eigenvalue weighted by Gasteiger charge is -2.36. The molecule has 0 aliphatic carbocycles. The fourth-order valence-electron chi connectivity index (χ4n) is 9.30. The first-order valence-corrected chi connectivity index (χ1v) is 30.0. The van der Waals surface area contributed by atoms with E-state index in [2.05, 4.69) is 57.0 Å². The summed E-state index contributed by atoms with van der Waals surface area (Å²) in [4.78, 5) is 49.9. The average Bonchev–Trinajstić information content (AvgIpc) is 3.56. The zero-order valence-electron chi connectivity index (χ0n) is 48.6. The van der Waals surface area contributed by atoms with Crippen LogP contribution in [0.2, 0.25) is 0 Å². The average molecular weight is 1180 g/mol. The molecule has 1 amide bonds. The van der Waals surface area contributed by atoms with Gasteiger partial charge in [0.25, 0.3) is 0 Å². The van der Waals surface area contributed by atoms with Crippen molar-refractivity contribution in [3.8, 4) is 11.5 Å².